The molecule has 3 heterocycles. The lowest BCUT2D eigenvalue weighted by atomic mass is 9.96. The van der Waals surface area contributed by atoms with E-state index >= 15 is 0 Å². The first-order valence-electron chi connectivity index (χ1n) is 13.2. The van der Waals surface area contributed by atoms with E-state index in [1.807, 2.05) is 0 Å². The molecule has 16 heteroatoms. The Bertz CT molecular complexity index is 1330. The molecule has 11 atom stereocenters. The first-order chi connectivity index (χ1) is 20.4. The fourth-order valence-electron chi connectivity index (χ4n) is 5.11. The minimum absolute atomic E-state index is 0.0812. The van der Waals surface area contributed by atoms with Crippen LogP contribution in [0, 0.1) is 0 Å². The molecule has 0 bridgehead atoms. The van der Waals surface area contributed by atoms with Crippen molar-refractivity contribution in [2.45, 2.75) is 67.5 Å². The molecule has 16 nitrogen and oxygen atoms in total. The van der Waals surface area contributed by atoms with Crippen molar-refractivity contribution in [1.82, 2.24) is 0 Å². The number of phenolic OH excluding ortho intramolecular Hbond substituents is 4. The molecule has 0 saturated carbocycles. The highest BCUT2D eigenvalue weighted by Gasteiger charge is 2.52. The van der Waals surface area contributed by atoms with E-state index in [0.29, 0.717) is 0 Å². The maximum absolute atomic E-state index is 11.2. The van der Waals surface area contributed by atoms with Crippen LogP contribution in [0.5, 0.6) is 28.7 Å². The zero-order valence-corrected chi connectivity index (χ0v) is 22.2. The lowest BCUT2D eigenvalue weighted by Crippen LogP contribution is -2.64. The molecule has 0 aliphatic carbocycles. The molecule has 236 valence electrons. The number of aromatic hydroxyl groups is 5. The van der Waals surface area contributed by atoms with Crippen LogP contribution in [0.1, 0.15) is 17.2 Å². The summed E-state index contributed by atoms with van der Waals surface area (Å²) in [6.45, 7) is -1.55. The van der Waals surface area contributed by atoms with E-state index in [4.69, 9.17) is 18.9 Å². The van der Waals surface area contributed by atoms with Crippen LogP contribution in [0.4, 0.5) is 0 Å². The lowest BCUT2D eigenvalue weighted by molar-refractivity contribution is -0.358. The van der Waals surface area contributed by atoms with Crippen LogP contribution in [-0.4, -0.2) is 136 Å². The molecule has 0 amide bonds. The molecule has 2 fully saturated rings. The number of phenols is 4. The first kappa shape index (κ1) is 31.0. The zero-order chi connectivity index (χ0) is 31.2. The van der Waals surface area contributed by atoms with Crippen LogP contribution >= 0.6 is 0 Å². The molecule has 0 spiro atoms. The monoisotopic (exact) mass is 613 g/mol. The number of fused-ring (bicyclic) bond motifs is 1. The molecule has 2 aromatic carbocycles. The predicted octanol–water partition coefficient (Wildman–Crippen LogP) is -2.51. The fourth-order valence-corrected chi connectivity index (χ4v) is 5.11. The maximum atomic E-state index is 11.2. The first-order valence-corrected chi connectivity index (χ1v) is 13.2. The van der Waals surface area contributed by atoms with Gasteiger partial charge in [-0.3, -0.25) is 0 Å². The minimum atomic E-state index is -1.87. The van der Waals surface area contributed by atoms with Gasteiger partial charge in [0.25, 0.3) is 11.9 Å². The molecule has 0 radical (unpaired) electrons. The van der Waals surface area contributed by atoms with E-state index in [9.17, 15) is 56.2 Å². The van der Waals surface area contributed by atoms with Crippen molar-refractivity contribution in [2.75, 3.05) is 13.2 Å². The molecule has 2 aromatic rings. The summed E-state index contributed by atoms with van der Waals surface area (Å²) < 4.78 is 27.0. The Hall–Kier alpha value is -3.42. The summed E-state index contributed by atoms with van der Waals surface area (Å²) in [7, 11) is 0. The Morgan fingerprint density at radius 2 is 1.37 bits per heavy atom. The van der Waals surface area contributed by atoms with Gasteiger partial charge in [-0.05, 0) is 18.2 Å². The van der Waals surface area contributed by atoms with E-state index in [1.54, 1.807) is 0 Å². The highest BCUT2D eigenvalue weighted by atomic mass is 16.7. The van der Waals surface area contributed by atoms with Gasteiger partial charge in [-0.1, -0.05) is 0 Å². The Morgan fingerprint density at radius 1 is 0.698 bits per heavy atom. The summed E-state index contributed by atoms with van der Waals surface area (Å²) in [4.78, 5) is 0. The van der Waals surface area contributed by atoms with Crippen molar-refractivity contribution in [3.8, 4) is 28.7 Å². The zero-order valence-electron chi connectivity index (χ0n) is 22.2. The summed E-state index contributed by atoms with van der Waals surface area (Å²) in [5.74, 6) is -1.50. The molecule has 0 aromatic heterocycles. The predicted molar refractivity (Wildman–Crippen MR) is 139 cm³/mol. The van der Waals surface area contributed by atoms with Gasteiger partial charge in [0.05, 0.1) is 24.8 Å². The second kappa shape index (κ2) is 12.3. The van der Waals surface area contributed by atoms with Gasteiger partial charge in [0.1, 0.15) is 65.9 Å². The van der Waals surface area contributed by atoms with Crippen LogP contribution in [0.2, 0.25) is 0 Å². The standard InChI is InChI=1S/C27H32O16/c28-7-17-19(34)21(36)22(37)26(41-17)43-25-20(35)18(8-29)42-27(23(25)38)40-16-6-11-13(32)4-10(30)5-15(11)39-24(16)9-1-2-12(31)14(33)3-9/h1-6,17-38H,7-8H2/p+1. The quantitative estimate of drug-likeness (QED) is 0.114. The highest BCUT2D eigenvalue weighted by Crippen LogP contribution is 2.46. The largest absolute Gasteiger partial charge is 0.571 e. The number of rotatable bonds is 7. The molecular formula is C27H33O16+. The van der Waals surface area contributed by atoms with E-state index in [1.165, 1.54) is 30.3 Å². The third-order valence-corrected chi connectivity index (χ3v) is 7.47. The topological polar surface area (TPSA) is 272 Å². The Balaban J connectivity index is 1.46. The van der Waals surface area contributed by atoms with Gasteiger partial charge in [0, 0.05) is 12.1 Å². The average molecular weight is 614 g/mol. The number of hydrogen-bond acceptors (Lipinski definition) is 15. The van der Waals surface area contributed by atoms with Gasteiger partial charge in [-0.2, -0.15) is 0 Å². The number of hydrogen-bond donors (Lipinski definition) is 11. The number of benzene rings is 2. The normalized spacial score (nSPS) is 35.9. The van der Waals surface area contributed by atoms with E-state index in [2.05, 4.69) is 4.74 Å². The Kier molecular flexibility index (Phi) is 8.87. The molecule has 5 rings (SSSR count). The van der Waals surface area contributed by atoms with Crippen molar-refractivity contribution < 1.29 is 79.9 Å². The molecule has 11 unspecified atom stereocenters. The van der Waals surface area contributed by atoms with Gasteiger partial charge in [-0.25, -0.2) is 0 Å². The van der Waals surface area contributed by atoms with Crippen molar-refractivity contribution >= 4 is 6.08 Å². The summed E-state index contributed by atoms with van der Waals surface area (Å²) >= 11 is 0. The molecule has 12 N–H and O–H groups in total. The van der Waals surface area contributed by atoms with E-state index in [-0.39, 0.29) is 34.1 Å². The Labute approximate surface area is 243 Å². The second-order valence-corrected chi connectivity index (χ2v) is 10.3. The van der Waals surface area contributed by atoms with Gasteiger partial charge in [0.15, 0.2) is 23.5 Å². The van der Waals surface area contributed by atoms with Crippen molar-refractivity contribution in [1.29, 1.82) is 0 Å². The molecular weight excluding hydrogens is 580 g/mol. The van der Waals surface area contributed by atoms with Gasteiger partial charge >= 0.3 is 0 Å². The van der Waals surface area contributed by atoms with Crippen LogP contribution in [0.25, 0.3) is 6.08 Å². The fraction of sp³-hybridized carbons (Fsp3) is 0.481. The summed E-state index contributed by atoms with van der Waals surface area (Å²) in [5.41, 5.74) is 0.387. The number of aliphatic hydroxyl groups excluding tert-OH is 7. The van der Waals surface area contributed by atoms with E-state index < -0.39 is 92.2 Å². The van der Waals surface area contributed by atoms with Crippen LogP contribution in [0.15, 0.2) is 36.1 Å². The molecule has 3 aliphatic heterocycles. The van der Waals surface area contributed by atoms with Gasteiger partial charge in [0.2, 0.25) is 6.29 Å². The molecule has 2 saturated heterocycles. The maximum Gasteiger partial charge on any atom is 0.270 e. The van der Waals surface area contributed by atoms with Crippen LogP contribution in [-0.2, 0) is 18.9 Å². The number of ether oxygens (including phenoxy) is 5. The molecule has 3 aliphatic rings. The average Bonchev–Trinajstić information content (AvgIpc) is 2.97. The lowest BCUT2D eigenvalue weighted by Gasteiger charge is -2.46. The summed E-state index contributed by atoms with van der Waals surface area (Å²) in [5, 5.41) is 112. The highest BCUT2D eigenvalue weighted by molar-refractivity contribution is 5.69. The minimum Gasteiger partial charge on any atom is -0.571 e. The smallest absolute Gasteiger partial charge is 0.270 e. The third kappa shape index (κ3) is 5.89. The number of aliphatic hydroxyl groups is 8. The van der Waals surface area contributed by atoms with Crippen LogP contribution in [0.3, 0.4) is 0 Å². The van der Waals surface area contributed by atoms with Crippen LogP contribution < -0.4 is 0 Å². The third-order valence-electron chi connectivity index (χ3n) is 7.47. The van der Waals surface area contributed by atoms with Gasteiger partial charge in [-0.15, -0.1) is 0 Å². The van der Waals surface area contributed by atoms with E-state index in [0.717, 1.165) is 6.07 Å². The van der Waals surface area contributed by atoms with Gasteiger partial charge < -0.3 is 79.9 Å². The molecule has 43 heavy (non-hydrogen) atoms. The SMILES string of the molecule is OCC1OC(OC2C(O)C(CO)OC(OC3=Cc4c(O)cc(O)cc4[OH+]C3c3ccc(O)c(O)c3)C2O)C(O)C(O)C1O. The Morgan fingerprint density at radius 3 is 2.05 bits per heavy atom. The summed E-state index contributed by atoms with van der Waals surface area (Å²) in [6, 6.07) is 6.13. The van der Waals surface area contributed by atoms with Crippen molar-refractivity contribution in [2.24, 2.45) is 0 Å². The summed E-state index contributed by atoms with van der Waals surface area (Å²) in [6.07, 6.45) is -16.6. The van der Waals surface area contributed by atoms with Crippen molar-refractivity contribution in [3.63, 3.8) is 0 Å². The van der Waals surface area contributed by atoms with Crippen molar-refractivity contribution in [3.05, 3.63) is 47.2 Å². The second-order valence-electron chi connectivity index (χ2n) is 10.3.